The van der Waals surface area contributed by atoms with E-state index in [2.05, 4.69) is 4.74 Å². The molecular weight excluding hydrogens is 142 g/mol. The molecule has 0 saturated carbocycles. The average molecular weight is 154 g/mol. The van der Waals surface area contributed by atoms with Crippen LogP contribution in [0.2, 0.25) is 0 Å². The fourth-order valence-corrected chi connectivity index (χ4v) is 0.387. The summed E-state index contributed by atoms with van der Waals surface area (Å²) in [7, 11) is 1.83. The molecule has 0 aliphatic carbocycles. The summed E-state index contributed by atoms with van der Waals surface area (Å²) in [5.74, 6) is -0.144. The molecule has 4 heteroatoms. The molecule has 0 aromatic carbocycles. The molecule has 0 bridgehead atoms. The molecule has 0 spiro atoms. The van der Waals surface area contributed by atoms with Gasteiger partial charge in [0.25, 0.3) is 0 Å². The first-order chi connectivity index (χ1) is 3.81. The van der Waals surface area contributed by atoms with Crippen LogP contribution in [0.4, 0.5) is 0 Å². The Balaban J connectivity index is 0. The van der Waals surface area contributed by atoms with Crippen molar-refractivity contribution in [2.75, 3.05) is 20.2 Å². The van der Waals surface area contributed by atoms with Gasteiger partial charge in [-0.1, -0.05) is 0 Å². The van der Waals surface area contributed by atoms with Crippen molar-refractivity contribution in [3.8, 4) is 0 Å². The highest BCUT2D eigenvalue weighted by Crippen LogP contribution is 1.69. The molecule has 0 atom stereocenters. The summed E-state index contributed by atoms with van der Waals surface area (Å²) >= 11 is 0. The molecule has 0 fully saturated rings. The van der Waals surface area contributed by atoms with Gasteiger partial charge in [-0.15, -0.1) is 0 Å². The summed E-state index contributed by atoms with van der Waals surface area (Å²) in [4.78, 5) is 10.4. The fourth-order valence-electron chi connectivity index (χ4n) is 0.387. The fraction of sp³-hybridized carbons (Fsp3) is 0.800. The molecule has 56 valence electrons. The largest absolute Gasteiger partial charge is 1.00 e. The maximum atomic E-state index is 10.4. The molecule has 2 N–H and O–H groups in total. The zero-order valence-electron chi connectivity index (χ0n) is 5.69. The maximum Gasteiger partial charge on any atom is 0.361 e. The lowest BCUT2D eigenvalue weighted by Crippen LogP contribution is -3.00. The van der Waals surface area contributed by atoms with Gasteiger partial charge >= 0.3 is 5.97 Å². The number of halogens is 1. The van der Waals surface area contributed by atoms with Gasteiger partial charge in [0.1, 0.15) is 0 Å². The second-order valence-corrected chi connectivity index (χ2v) is 1.42. The lowest BCUT2D eigenvalue weighted by molar-refractivity contribution is -0.617. The van der Waals surface area contributed by atoms with Gasteiger partial charge in [0.15, 0.2) is 6.54 Å². The lowest BCUT2D eigenvalue weighted by atomic mass is 10.6. The molecular formula is C5H12ClNO2. The van der Waals surface area contributed by atoms with Crippen LogP contribution in [0.1, 0.15) is 6.92 Å². The van der Waals surface area contributed by atoms with E-state index in [1.54, 1.807) is 12.2 Å². The molecule has 0 heterocycles. The minimum absolute atomic E-state index is 0. The van der Waals surface area contributed by atoms with Gasteiger partial charge in [-0.3, -0.25) is 0 Å². The third-order valence-corrected chi connectivity index (χ3v) is 0.676. The normalized spacial score (nSPS) is 7.78. The highest BCUT2D eigenvalue weighted by molar-refractivity contribution is 5.70. The molecule has 0 aromatic rings. The Hall–Kier alpha value is -0.280. The van der Waals surface area contributed by atoms with E-state index in [4.69, 9.17) is 0 Å². The Morgan fingerprint density at radius 2 is 2.22 bits per heavy atom. The topological polar surface area (TPSA) is 42.9 Å². The number of likely N-dealkylation sites (N-methyl/N-ethyl adjacent to an activating group) is 1. The Labute approximate surface area is 61.2 Å². The van der Waals surface area contributed by atoms with Crippen LogP contribution in [0.3, 0.4) is 0 Å². The van der Waals surface area contributed by atoms with Crippen molar-refractivity contribution in [2.45, 2.75) is 6.92 Å². The highest BCUT2D eigenvalue weighted by Gasteiger charge is 1.98. The van der Waals surface area contributed by atoms with Crippen LogP contribution in [0, 0.1) is 0 Å². The van der Waals surface area contributed by atoms with Crippen LogP contribution in [0.15, 0.2) is 0 Å². The van der Waals surface area contributed by atoms with Crippen molar-refractivity contribution in [3.63, 3.8) is 0 Å². The monoisotopic (exact) mass is 153 g/mol. The molecule has 0 radical (unpaired) electrons. The zero-order valence-corrected chi connectivity index (χ0v) is 6.44. The maximum absolute atomic E-state index is 10.4. The van der Waals surface area contributed by atoms with Crippen molar-refractivity contribution in [1.29, 1.82) is 0 Å². The number of ether oxygens (including phenoxy) is 1. The van der Waals surface area contributed by atoms with Crippen molar-refractivity contribution < 1.29 is 27.3 Å². The molecule has 0 amide bonds. The van der Waals surface area contributed by atoms with E-state index in [0.29, 0.717) is 13.2 Å². The molecule has 0 rings (SSSR count). The van der Waals surface area contributed by atoms with Gasteiger partial charge < -0.3 is 22.5 Å². The minimum atomic E-state index is -0.144. The predicted molar refractivity (Wildman–Crippen MR) is 29.3 cm³/mol. The molecule has 0 saturated heterocycles. The number of hydrogen-bond donors (Lipinski definition) is 1. The number of esters is 1. The molecule has 0 aromatic heterocycles. The number of nitrogens with two attached hydrogens (primary N) is 1. The third kappa shape index (κ3) is 7.72. The highest BCUT2D eigenvalue weighted by atomic mass is 35.5. The van der Waals surface area contributed by atoms with E-state index in [0.717, 1.165) is 0 Å². The average Bonchev–Trinajstić information content (AvgIpc) is 1.68. The van der Waals surface area contributed by atoms with Crippen LogP contribution in [-0.4, -0.2) is 26.2 Å². The first-order valence-corrected chi connectivity index (χ1v) is 2.74. The smallest absolute Gasteiger partial charge is 0.361 e. The minimum Gasteiger partial charge on any atom is -1.00 e. The number of quaternary nitrogens is 1. The second kappa shape index (κ2) is 7.72. The van der Waals surface area contributed by atoms with Crippen molar-refractivity contribution in [3.05, 3.63) is 0 Å². The van der Waals surface area contributed by atoms with E-state index in [-0.39, 0.29) is 18.4 Å². The Bertz CT molecular complexity index is 69.4. The van der Waals surface area contributed by atoms with Gasteiger partial charge in [0.2, 0.25) is 0 Å². The van der Waals surface area contributed by atoms with E-state index in [1.165, 1.54) is 0 Å². The van der Waals surface area contributed by atoms with E-state index in [9.17, 15) is 4.79 Å². The summed E-state index contributed by atoms with van der Waals surface area (Å²) in [5.41, 5.74) is 0. The number of hydrogen-bond acceptors (Lipinski definition) is 2. The SMILES string of the molecule is CCOC(=O)C[NH2+]C.[Cl-]. The van der Waals surface area contributed by atoms with E-state index < -0.39 is 0 Å². The standard InChI is InChI=1S/C5H11NO2.ClH/c1-3-8-5(7)4-6-2;/h6H,3-4H2,1-2H3;1H. The molecule has 3 nitrogen and oxygen atoms in total. The van der Waals surface area contributed by atoms with Gasteiger partial charge in [-0.05, 0) is 6.92 Å². The van der Waals surface area contributed by atoms with E-state index >= 15 is 0 Å². The zero-order chi connectivity index (χ0) is 6.41. The summed E-state index contributed by atoms with van der Waals surface area (Å²) in [5, 5.41) is 1.78. The number of carbonyl (C=O) groups is 1. The second-order valence-electron chi connectivity index (χ2n) is 1.42. The molecule has 0 aliphatic heterocycles. The first kappa shape index (κ1) is 11.5. The van der Waals surface area contributed by atoms with E-state index in [1.807, 2.05) is 7.05 Å². The predicted octanol–water partition coefficient (Wildman–Crippen LogP) is -4.25. The summed E-state index contributed by atoms with van der Waals surface area (Å²) in [6.07, 6.45) is 0. The Morgan fingerprint density at radius 3 is 2.56 bits per heavy atom. The van der Waals surface area contributed by atoms with Crippen LogP contribution in [-0.2, 0) is 9.53 Å². The van der Waals surface area contributed by atoms with Crippen LogP contribution in [0.25, 0.3) is 0 Å². The molecule has 9 heavy (non-hydrogen) atoms. The van der Waals surface area contributed by atoms with Crippen molar-refractivity contribution in [2.24, 2.45) is 0 Å². The van der Waals surface area contributed by atoms with Crippen molar-refractivity contribution in [1.82, 2.24) is 0 Å². The van der Waals surface area contributed by atoms with Gasteiger partial charge in [0, 0.05) is 0 Å². The van der Waals surface area contributed by atoms with Crippen LogP contribution < -0.4 is 17.7 Å². The van der Waals surface area contributed by atoms with Gasteiger partial charge in [0.05, 0.1) is 13.7 Å². The van der Waals surface area contributed by atoms with Crippen molar-refractivity contribution >= 4 is 5.97 Å². The van der Waals surface area contributed by atoms with Gasteiger partial charge in [-0.2, -0.15) is 0 Å². The third-order valence-electron chi connectivity index (χ3n) is 0.676. The Morgan fingerprint density at radius 1 is 1.67 bits per heavy atom. The van der Waals surface area contributed by atoms with Crippen LogP contribution >= 0.6 is 0 Å². The summed E-state index contributed by atoms with van der Waals surface area (Å²) < 4.78 is 4.61. The molecule has 0 aliphatic rings. The quantitative estimate of drug-likeness (QED) is 0.418. The molecule has 0 unspecified atom stereocenters. The summed E-state index contributed by atoms with van der Waals surface area (Å²) in [6.45, 7) is 2.70. The Kier molecular flexibility index (Phi) is 9.87. The summed E-state index contributed by atoms with van der Waals surface area (Å²) in [6, 6.07) is 0. The number of carbonyl (C=O) groups excluding carboxylic acids is 1. The first-order valence-electron chi connectivity index (χ1n) is 2.74. The van der Waals surface area contributed by atoms with Gasteiger partial charge in [-0.25, -0.2) is 4.79 Å². The lowest BCUT2D eigenvalue weighted by Gasteiger charge is -1.95. The van der Waals surface area contributed by atoms with Crippen LogP contribution in [0.5, 0.6) is 0 Å². The number of rotatable bonds is 3.